The van der Waals surface area contributed by atoms with Crippen LogP contribution in [0, 0.1) is 2.88 Å². The molecule has 0 bridgehead atoms. The number of hydrogen-bond acceptors (Lipinski definition) is 2. The van der Waals surface area contributed by atoms with E-state index in [1.54, 1.807) is 11.3 Å². The van der Waals surface area contributed by atoms with Crippen LogP contribution in [0.5, 0.6) is 0 Å². The van der Waals surface area contributed by atoms with E-state index in [-0.39, 0.29) is 6.04 Å². The molecule has 0 aliphatic heterocycles. The zero-order valence-corrected chi connectivity index (χ0v) is 13.1. The van der Waals surface area contributed by atoms with E-state index >= 15 is 0 Å². The molecule has 0 aliphatic rings. The van der Waals surface area contributed by atoms with Crippen molar-refractivity contribution >= 4 is 49.9 Å². The van der Waals surface area contributed by atoms with Gasteiger partial charge in [0.1, 0.15) is 0 Å². The van der Waals surface area contributed by atoms with Gasteiger partial charge in [-0.1, -0.05) is 28.1 Å². The Kier molecular flexibility index (Phi) is 4.41. The van der Waals surface area contributed by atoms with Crippen molar-refractivity contribution in [3.05, 3.63) is 54.2 Å². The molecule has 1 heterocycles. The van der Waals surface area contributed by atoms with Crippen molar-refractivity contribution in [2.24, 2.45) is 5.73 Å². The Hall–Kier alpha value is 0.0900. The van der Waals surface area contributed by atoms with Gasteiger partial charge in [-0.15, -0.1) is 11.3 Å². The summed E-state index contributed by atoms with van der Waals surface area (Å²) in [4.78, 5) is 0. The van der Waals surface area contributed by atoms with Crippen LogP contribution < -0.4 is 5.73 Å². The SMILES string of the molecule is NC(Cc1ccc(Br)cc1)c1csc(I)c1. The lowest BCUT2D eigenvalue weighted by Crippen LogP contribution is -2.12. The monoisotopic (exact) mass is 407 g/mol. The van der Waals surface area contributed by atoms with Crippen LogP contribution in [0.25, 0.3) is 0 Å². The highest BCUT2D eigenvalue weighted by molar-refractivity contribution is 14.1. The highest BCUT2D eigenvalue weighted by atomic mass is 127. The number of benzene rings is 1. The number of hydrogen-bond donors (Lipinski definition) is 1. The fourth-order valence-electron chi connectivity index (χ4n) is 1.51. The van der Waals surface area contributed by atoms with Crippen LogP contribution in [0.1, 0.15) is 17.2 Å². The lowest BCUT2D eigenvalue weighted by Gasteiger charge is -2.09. The van der Waals surface area contributed by atoms with Crippen molar-refractivity contribution in [1.29, 1.82) is 0 Å². The zero-order valence-electron chi connectivity index (χ0n) is 8.49. The van der Waals surface area contributed by atoms with E-state index in [0.717, 1.165) is 10.9 Å². The van der Waals surface area contributed by atoms with E-state index in [1.165, 1.54) is 14.0 Å². The van der Waals surface area contributed by atoms with Gasteiger partial charge in [-0.25, -0.2) is 0 Å². The molecule has 84 valence electrons. The predicted molar refractivity (Wildman–Crippen MR) is 81.8 cm³/mol. The van der Waals surface area contributed by atoms with Crippen molar-refractivity contribution in [3.63, 3.8) is 0 Å². The summed E-state index contributed by atoms with van der Waals surface area (Å²) in [5.74, 6) is 0. The highest BCUT2D eigenvalue weighted by Gasteiger charge is 2.08. The largest absolute Gasteiger partial charge is 0.324 e. The Morgan fingerprint density at radius 3 is 2.56 bits per heavy atom. The Morgan fingerprint density at radius 2 is 2.00 bits per heavy atom. The molecule has 1 unspecified atom stereocenters. The van der Waals surface area contributed by atoms with Gasteiger partial charge in [-0.05, 0) is 63.7 Å². The van der Waals surface area contributed by atoms with Crippen LogP contribution in [0.2, 0.25) is 0 Å². The highest BCUT2D eigenvalue weighted by Crippen LogP contribution is 2.23. The molecule has 0 fully saturated rings. The van der Waals surface area contributed by atoms with Crippen molar-refractivity contribution in [2.45, 2.75) is 12.5 Å². The average Bonchev–Trinajstić information content (AvgIpc) is 2.68. The molecule has 2 aromatic rings. The van der Waals surface area contributed by atoms with Crippen LogP contribution in [-0.4, -0.2) is 0 Å². The zero-order chi connectivity index (χ0) is 11.5. The molecular formula is C12H11BrINS. The van der Waals surface area contributed by atoms with Crippen LogP contribution in [0.4, 0.5) is 0 Å². The van der Waals surface area contributed by atoms with Gasteiger partial charge in [0, 0.05) is 10.5 Å². The van der Waals surface area contributed by atoms with E-state index in [1.807, 2.05) is 0 Å². The van der Waals surface area contributed by atoms with Crippen LogP contribution in [0.15, 0.2) is 40.2 Å². The van der Waals surface area contributed by atoms with Gasteiger partial charge in [0.2, 0.25) is 0 Å². The first-order valence-corrected chi connectivity index (χ1v) is 7.64. The molecule has 1 nitrogen and oxygen atoms in total. The minimum Gasteiger partial charge on any atom is -0.324 e. The molecule has 2 N–H and O–H groups in total. The van der Waals surface area contributed by atoms with E-state index in [9.17, 15) is 0 Å². The lowest BCUT2D eigenvalue weighted by atomic mass is 10.0. The van der Waals surface area contributed by atoms with E-state index in [0.29, 0.717) is 0 Å². The molecule has 2 rings (SSSR count). The summed E-state index contributed by atoms with van der Waals surface area (Å²) >= 11 is 7.50. The number of halogens is 2. The molecule has 1 aromatic carbocycles. The van der Waals surface area contributed by atoms with E-state index in [4.69, 9.17) is 5.73 Å². The standard InChI is InChI=1S/C12H11BrINS/c13-10-3-1-8(2-4-10)5-11(15)9-6-12(14)16-7-9/h1-4,6-7,11H,5,15H2. The molecule has 4 heteroatoms. The summed E-state index contributed by atoms with van der Waals surface area (Å²) < 4.78 is 2.40. The quantitative estimate of drug-likeness (QED) is 0.751. The summed E-state index contributed by atoms with van der Waals surface area (Å²) in [7, 11) is 0. The molecule has 1 aromatic heterocycles. The summed E-state index contributed by atoms with van der Waals surface area (Å²) in [5, 5.41) is 2.14. The number of thiophene rings is 1. The Balaban J connectivity index is 2.07. The second-order valence-electron chi connectivity index (χ2n) is 3.62. The van der Waals surface area contributed by atoms with Gasteiger partial charge in [0.25, 0.3) is 0 Å². The summed E-state index contributed by atoms with van der Waals surface area (Å²) in [6, 6.07) is 10.6. The Morgan fingerprint density at radius 1 is 1.31 bits per heavy atom. The average molecular weight is 408 g/mol. The Bertz CT molecular complexity index is 466. The topological polar surface area (TPSA) is 26.0 Å². The van der Waals surface area contributed by atoms with Gasteiger partial charge in [0.15, 0.2) is 0 Å². The molecule has 1 atom stereocenters. The van der Waals surface area contributed by atoms with Gasteiger partial charge in [-0.3, -0.25) is 0 Å². The van der Waals surface area contributed by atoms with Crippen molar-refractivity contribution in [2.75, 3.05) is 0 Å². The molecule has 0 radical (unpaired) electrons. The van der Waals surface area contributed by atoms with Crippen LogP contribution in [0.3, 0.4) is 0 Å². The first kappa shape index (κ1) is 12.5. The third-order valence-electron chi connectivity index (χ3n) is 2.38. The molecule has 0 spiro atoms. The van der Waals surface area contributed by atoms with Crippen LogP contribution >= 0.6 is 49.9 Å². The maximum Gasteiger partial charge on any atom is 0.0656 e. The minimum atomic E-state index is 0.0981. The van der Waals surface area contributed by atoms with E-state index < -0.39 is 0 Å². The van der Waals surface area contributed by atoms with Gasteiger partial charge in [0.05, 0.1) is 2.88 Å². The molecule has 16 heavy (non-hydrogen) atoms. The second-order valence-corrected chi connectivity index (χ2v) is 7.34. The van der Waals surface area contributed by atoms with Gasteiger partial charge >= 0.3 is 0 Å². The molecule has 0 amide bonds. The van der Waals surface area contributed by atoms with Crippen LogP contribution in [-0.2, 0) is 6.42 Å². The lowest BCUT2D eigenvalue weighted by molar-refractivity contribution is 0.725. The van der Waals surface area contributed by atoms with E-state index in [2.05, 4.69) is 74.2 Å². The maximum atomic E-state index is 6.17. The minimum absolute atomic E-state index is 0.0981. The number of rotatable bonds is 3. The molecular weight excluding hydrogens is 397 g/mol. The molecule has 0 saturated carbocycles. The summed E-state index contributed by atoms with van der Waals surface area (Å²) in [6.45, 7) is 0. The molecule has 0 aliphatic carbocycles. The third-order valence-corrected chi connectivity index (χ3v) is 4.72. The summed E-state index contributed by atoms with van der Waals surface area (Å²) in [5.41, 5.74) is 8.68. The smallest absolute Gasteiger partial charge is 0.0656 e. The Labute approximate surface area is 121 Å². The predicted octanol–water partition coefficient (Wildman–Crippen LogP) is 4.36. The normalized spacial score (nSPS) is 12.7. The van der Waals surface area contributed by atoms with Crippen molar-refractivity contribution < 1.29 is 0 Å². The van der Waals surface area contributed by atoms with Gasteiger partial charge < -0.3 is 5.73 Å². The third kappa shape index (κ3) is 3.29. The van der Waals surface area contributed by atoms with Crippen molar-refractivity contribution in [3.8, 4) is 0 Å². The summed E-state index contributed by atoms with van der Waals surface area (Å²) in [6.07, 6.45) is 0.889. The number of nitrogens with two attached hydrogens (primary N) is 1. The maximum absolute atomic E-state index is 6.17. The first-order chi connectivity index (χ1) is 7.65. The van der Waals surface area contributed by atoms with Crippen molar-refractivity contribution in [1.82, 2.24) is 0 Å². The fourth-order valence-corrected chi connectivity index (χ4v) is 3.21. The van der Waals surface area contributed by atoms with Gasteiger partial charge in [-0.2, -0.15) is 0 Å². The second kappa shape index (κ2) is 5.62. The molecule has 0 saturated heterocycles. The fraction of sp³-hybridized carbons (Fsp3) is 0.167. The first-order valence-electron chi connectivity index (χ1n) is 4.89.